The van der Waals surface area contributed by atoms with Crippen molar-refractivity contribution in [1.82, 2.24) is 24.8 Å². The summed E-state index contributed by atoms with van der Waals surface area (Å²) in [6, 6.07) is 7.27. The Morgan fingerprint density at radius 1 is 1.11 bits per heavy atom. The van der Waals surface area contributed by atoms with Crippen molar-refractivity contribution >= 4 is 17.7 Å². The number of halogens is 1. The number of amides is 1. The second-order valence-electron chi connectivity index (χ2n) is 6.18. The lowest BCUT2D eigenvalue weighted by Crippen LogP contribution is -2.31. The third-order valence-corrected chi connectivity index (χ3v) is 4.43. The van der Waals surface area contributed by atoms with Crippen molar-refractivity contribution in [3.8, 4) is 0 Å². The topological polar surface area (TPSA) is 83.9 Å². The number of benzene rings is 1. The van der Waals surface area contributed by atoms with E-state index in [9.17, 15) is 9.18 Å². The smallest absolute Gasteiger partial charge is 0.254 e. The Balaban J connectivity index is 1.56. The highest BCUT2D eigenvalue weighted by atomic mass is 19.1. The molecular formula is C19H17FN6O. The standard InChI is InChI=1S/C19H17FN6O/c20-14-5-3-13(4-6-14)18(27)26-11-1-2-16(26)15-7-8-23-19(24-15)25-17-12-21-9-10-22-17/h3-10,12,16H,1-2,11H2,(H,22,23,24,25)/t16-/m1/s1. The van der Waals surface area contributed by atoms with Gasteiger partial charge in [0.15, 0.2) is 5.82 Å². The number of anilines is 2. The van der Waals surface area contributed by atoms with Gasteiger partial charge in [0.05, 0.1) is 17.9 Å². The molecule has 1 amide bonds. The van der Waals surface area contributed by atoms with Crippen molar-refractivity contribution in [2.24, 2.45) is 0 Å². The van der Waals surface area contributed by atoms with E-state index in [0.29, 0.717) is 23.9 Å². The number of nitrogens with zero attached hydrogens (tertiary/aromatic N) is 5. The fourth-order valence-corrected chi connectivity index (χ4v) is 3.17. The predicted octanol–water partition coefficient (Wildman–Crippen LogP) is 3.13. The van der Waals surface area contributed by atoms with Crippen molar-refractivity contribution in [3.63, 3.8) is 0 Å². The van der Waals surface area contributed by atoms with Crippen LogP contribution in [0.1, 0.15) is 34.9 Å². The normalized spacial score (nSPS) is 16.3. The molecule has 136 valence electrons. The molecule has 1 saturated heterocycles. The van der Waals surface area contributed by atoms with Gasteiger partial charge in [-0.25, -0.2) is 19.3 Å². The molecule has 8 heteroatoms. The van der Waals surface area contributed by atoms with E-state index in [1.165, 1.54) is 24.3 Å². The Kier molecular flexibility index (Phi) is 4.69. The number of hydrogen-bond acceptors (Lipinski definition) is 6. The molecule has 2 aromatic heterocycles. The van der Waals surface area contributed by atoms with Crippen LogP contribution < -0.4 is 5.32 Å². The Bertz CT molecular complexity index is 934. The lowest BCUT2D eigenvalue weighted by atomic mass is 10.1. The third kappa shape index (κ3) is 3.74. The van der Waals surface area contributed by atoms with Gasteiger partial charge in [-0.1, -0.05) is 0 Å². The summed E-state index contributed by atoms with van der Waals surface area (Å²) >= 11 is 0. The van der Waals surface area contributed by atoms with E-state index in [1.54, 1.807) is 29.7 Å². The summed E-state index contributed by atoms with van der Waals surface area (Å²) in [5, 5.41) is 3.01. The Hall–Kier alpha value is -3.42. The molecule has 0 aliphatic carbocycles. The first kappa shape index (κ1) is 17.0. The number of rotatable bonds is 4. The molecular weight excluding hydrogens is 347 g/mol. The first-order chi connectivity index (χ1) is 13.2. The van der Waals surface area contributed by atoms with Crippen molar-refractivity contribution in [2.45, 2.75) is 18.9 Å². The van der Waals surface area contributed by atoms with E-state index in [2.05, 4.69) is 25.3 Å². The minimum Gasteiger partial charge on any atom is -0.330 e. The van der Waals surface area contributed by atoms with Gasteiger partial charge in [0.2, 0.25) is 5.95 Å². The molecule has 1 aliphatic rings. The van der Waals surface area contributed by atoms with Crippen LogP contribution >= 0.6 is 0 Å². The largest absolute Gasteiger partial charge is 0.330 e. The highest BCUT2D eigenvalue weighted by molar-refractivity contribution is 5.94. The van der Waals surface area contributed by atoms with Crippen molar-refractivity contribution in [3.05, 3.63) is 72.2 Å². The first-order valence-corrected chi connectivity index (χ1v) is 8.63. The molecule has 3 aromatic rings. The summed E-state index contributed by atoms with van der Waals surface area (Å²) in [6.45, 7) is 0.637. The zero-order valence-electron chi connectivity index (χ0n) is 14.4. The summed E-state index contributed by atoms with van der Waals surface area (Å²) in [5.74, 6) is 0.453. The third-order valence-electron chi connectivity index (χ3n) is 4.43. The predicted molar refractivity (Wildman–Crippen MR) is 96.8 cm³/mol. The van der Waals surface area contributed by atoms with Gasteiger partial charge in [-0.15, -0.1) is 0 Å². The molecule has 1 N–H and O–H groups in total. The minimum atomic E-state index is -0.361. The molecule has 0 bridgehead atoms. The zero-order valence-corrected chi connectivity index (χ0v) is 14.4. The summed E-state index contributed by atoms with van der Waals surface area (Å²) in [6.07, 6.45) is 8.09. The van der Waals surface area contributed by atoms with Crippen LogP contribution in [0.3, 0.4) is 0 Å². The lowest BCUT2D eigenvalue weighted by molar-refractivity contribution is 0.0733. The molecule has 7 nitrogen and oxygen atoms in total. The molecule has 1 atom stereocenters. The van der Waals surface area contributed by atoms with Crippen LogP contribution in [-0.2, 0) is 0 Å². The summed E-state index contributed by atoms with van der Waals surface area (Å²) < 4.78 is 13.1. The number of nitrogens with one attached hydrogen (secondary N) is 1. The van der Waals surface area contributed by atoms with Gasteiger partial charge in [-0.3, -0.25) is 9.78 Å². The van der Waals surface area contributed by atoms with E-state index in [-0.39, 0.29) is 17.8 Å². The van der Waals surface area contributed by atoms with Crippen LogP contribution in [0.25, 0.3) is 0 Å². The van der Waals surface area contributed by atoms with Gasteiger partial charge in [-0.2, -0.15) is 0 Å². The van der Waals surface area contributed by atoms with Gasteiger partial charge in [-0.05, 0) is 43.2 Å². The van der Waals surface area contributed by atoms with Crippen LogP contribution in [0.15, 0.2) is 55.1 Å². The fourth-order valence-electron chi connectivity index (χ4n) is 3.17. The average molecular weight is 364 g/mol. The van der Waals surface area contributed by atoms with Crippen molar-refractivity contribution in [1.29, 1.82) is 0 Å². The molecule has 27 heavy (non-hydrogen) atoms. The lowest BCUT2D eigenvalue weighted by Gasteiger charge is -2.24. The quantitative estimate of drug-likeness (QED) is 0.766. The maximum Gasteiger partial charge on any atom is 0.254 e. The highest BCUT2D eigenvalue weighted by Gasteiger charge is 2.31. The van der Waals surface area contributed by atoms with Gasteiger partial charge < -0.3 is 10.2 Å². The molecule has 0 spiro atoms. The Morgan fingerprint density at radius 2 is 1.96 bits per heavy atom. The Labute approximate surface area is 155 Å². The monoisotopic (exact) mass is 364 g/mol. The summed E-state index contributed by atoms with van der Waals surface area (Å²) in [5.41, 5.74) is 1.22. The average Bonchev–Trinajstić information content (AvgIpc) is 3.19. The maximum absolute atomic E-state index is 13.1. The fraction of sp³-hybridized carbons (Fsp3) is 0.211. The summed E-state index contributed by atoms with van der Waals surface area (Å²) in [4.78, 5) is 31.5. The highest BCUT2D eigenvalue weighted by Crippen LogP contribution is 2.32. The molecule has 0 unspecified atom stereocenters. The minimum absolute atomic E-state index is 0.125. The van der Waals surface area contributed by atoms with Gasteiger partial charge >= 0.3 is 0 Å². The van der Waals surface area contributed by atoms with Crippen LogP contribution in [0.2, 0.25) is 0 Å². The maximum atomic E-state index is 13.1. The molecule has 0 radical (unpaired) electrons. The molecule has 1 fully saturated rings. The Morgan fingerprint density at radius 3 is 2.74 bits per heavy atom. The number of carbonyl (C=O) groups excluding carboxylic acids is 1. The van der Waals surface area contributed by atoms with E-state index in [0.717, 1.165) is 18.5 Å². The number of carbonyl (C=O) groups is 1. The first-order valence-electron chi connectivity index (χ1n) is 8.63. The van der Waals surface area contributed by atoms with Crippen LogP contribution in [0.4, 0.5) is 16.2 Å². The van der Waals surface area contributed by atoms with Crippen LogP contribution in [-0.4, -0.2) is 37.3 Å². The zero-order chi connectivity index (χ0) is 18.6. The molecule has 1 aromatic carbocycles. The van der Waals surface area contributed by atoms with Crippen LogP contribution in [0.5, 0.6) is 0 Å². The SMILES string of the molecule is O=C(c1ccc(F)cc1)N1CCC[C@@H]1c1ccnc(Nc2cnccn2)n1. The van der Waals surface area contributed by atoms with E-state index in [4.69, 9.17) is 0 Å². The van der Waals surface area contributed by atoms with Gasteiger partial charge in [0, 0.05) is 30.7 Å². The van der Waals surface area contributed by atoms with E-state index < -0.39 is 0 Å². The molecule has 4 rings (SSSR count). The number of hydrogen-bond donors (Lipinski definition) is 1. The van der Waals surface area contributed by atoms with Crippen molar-refractivity contribution in [2.75, 3.05) is 11.9 Å². The second-order valence-corrected chi connectivity index (χ2v) is 6.18. The van der Waals surface area contributed by atoms with Crippen LogP contribution in [0, 0.1) is 5.82 Å². The van der Waals surface area contributed by atoms with Gasteiger partial charge in [0.1, 0.15) is 5.82 Å². The second kappa shape index (κ2) is 7.45. The van der Waals surface area contributed by atoms with E-state index >= 15 is 0 Å². The van der Waals surface area contributed by atoms with Gasteiger partial charge in [0.25, 0.3) is 5.91 Å². The summed E-state index contributed by atoms with van der Waals surface area (Å²) in [7, 11) is 0. The number of aromatic nitrogens is 4. The number of likely N-dealkylation sites (tertiary alicyclic amines) is 1. The molecule has 3 heterocycles. The molecule has 0 saturated carbocycles. The van der Waals surface area contributed by atoms with Crippen molar-refractivity contribution < 1.29 is 9.18 Å². The van der Waals surface area contributed by atoms with E-state index in [1.807, 2.05) is 6.07 Å². The molecule has 1 aliphatic heterocycles.